The fourth-order valence-electron chi connectivity index (χ4n) is 2.05. The van der Waals surface area contributed by atoms with Gasteiger partial charge in [0.05, 0.1) is 15.9 Å². The third-order valence-electron chi connectivity index (χ3n) is 3.01. The van der Waals surface area contributed by atoms with Crippen LogP contribution in [0.15, 0.2) is 55.5 Å². The van der Waals surface area contributed by atoms with E-state index >= 15 is 0 Å². The van der Waals surface area contributed by atoms with Crippen LogP contribution < -0.4 is 5.56 Å². The van der Waals surface area contributed by atoms with Crippen LogP contribution in [0, 0.1) is 0 Å². The van der Waals surface area contributed by atoms with Crippen LogP contribution in [0.25, 0.3) is 10.9 Å². The van der Waals surface area contributed by atoms with Crippen LogP contribution in [-0.4, -0.2) is 10.1 Å². The summed E-state index contributed by atoms with van der Waals surface area (Å²) in [6.07, 6.45) is 0. The largest absolute Gasteiger partial charge is 0.506 e. The molecule has 0 fully saturated rings. The summed E-state index contributed by atoms with van der Waals surface area (Å²) >= 11 is 16.6. The summed E-state index contributed by atoms with van der Waals surface area (Å²) in [4.78, 5) is 16.0. The molecule has 0 aliphatic rings. The molecule has 0 bridgehead atoms. The Kier molecular flexibility index (Phi) is 4.41. The molecule has 7 heteroatoms. The van der Waals surface area contributed by atoms with Gasteiger partial charge in [-0.2, -0.15) is 0 Å². The second kappa shape index (κ2) is 6.16. The summed E-state index contributed by atoms with van der Waals surface area (Å²) in [6, 6.07) is 10.5. The first-order chi connectivity index (χ1) is 10.5. The lowest BCUT2D eigenvalue weighted by molar-refractivity contribution is 0.467. The van der Waals surface area contributed by atoms with Crippen LogP contribution in [0.2, 0.25) is 10.0 Å². The molecule has 3 nitrogen and oxygen atoms in total. The van der Waals surface area contributed by atoms with Gasteiger partial charge in [-0.1, -0.05) is 47.1 Å². The first kappa shape index (κ1) is 15.7. The molecule has 1 heterocycles. The van der Waals surface area contributed by atoms with Crippen LogP contribution >= 0.6 is 50.9 Å². The third-order valence-corrected chi connectivity index (χ3v) is 5.64. The van der Waals surface area contributed by atoms with Crippen LogP contribution in [-0.2, 0) is 0 Å². The molecule has 2 aromatic carbocycles. The molecule has 112 valence electrons. The number of hydrogen-bond acceptors (Lipinski definition) is 3. The number of aromatic nitrogens is 1. The van der Waals surface area contributed by atoms with E-state index in [2.05, 4.69) is 20.9 Å². The zero-order chi connectivity index (χ0) is 15.9. The van der Waals surface area contributed by atoms with Crippen molar-refractivity contribution < 1.29 is 5.11 Å². The van der Waals surface area contributed by atoms with Gasteiger partial charge in [-0.15, -0.1) is 0 Å². The molecule has 22 heavy (non-hydrogen) atoms. The molecule has 0 spiro atoms. The highest BCUT2D eigenvalue weighted by Crippen LogP contribution is 2.41. The van der Waals surface area contributed by atoms with Gasteiger partial charge in [0.1, 0.15) is 10.6 Å². The van der Waals surface area contributed by atoms with Gasteiger partial charge in [0.25, 0.3) is 5.56 Å². The molecule has 1 aromatic heterocycles. The fraction of sp³-hybridized carbons (Fsp3) is 0. The van der Waals surface area contributed by atoms with E-state index in [1.54, 1.807) is 6.07 Å². The molecular weight excluding hydrogens is 409 g/mol. The first-order valence-electron chi connectivity index (χ1n) is 6.13. The second-order valence-corrected chi connectivity index (χ2v) is 7.22. The van der Waals surface area contributed by atoms with Gasteiger partial charge in [0.2, 0.25) is 0 Å². The second-order valence-electron chi connectivity index (χ2n) is 4.47. The smallest absolute Gasteiger partial charge is 0.266 e. The van der Waals surface area contributed by atoms with E-state index in [1.807, 2.05) is 24.3 Å². The van der Waals surface area contributed by atoms with Crippen molar-refractivity contribution in [3.05, 3.63) is 61.3 Å². The SMILES string of the molecule is O=c1[nH]c2cc(Cl)cc(Cl)c2c(O)c1Sc1ccccc1Br. The lowest BCUT2D eigenvalue weighted by atomic mass is 10.2. The molecule has 2 N–H and O–H groups in total. The van der Waals surface area contributed by atoms with Gasteiger partial charge in [0.15, 0.2) is 0 Å². The summed E-state index contributed by atoms with van der Waals surface area (Å²) in [5.74, 6) is -0.152. The van der Waals surface area contributed by atoms with E-state index < -0.39 is 5.56 Å². The van der Waals surface area contributed by atoms with Crippen LogP contribution in [0.5, 0.6) is 5.75 Å². The van der Waals surface area contributed by atoms with Crippen molar-refractivity contribution in [2.75, 3.05) is 0 Å². The molecule has 0 unspecified atom stereocenters. The Morgan fingerprint density at radius 3 is 2.64 bits per heavy atom. The number of hydrogen-bond donors (Lipinski definition) is 2. The van der Waals surface area contributed by atoms with Crippen molar-refractivity contribution in [1.29, 1.82) is 0 Å². The summed E-state index contributed by atoms with van der Waals surface area (Å²) in [5.41, 5.74) is 0.000522. The van der Waals surface area contributed by atoms with Crippen molar-refractivity contribution in [3.63, 3.8) is 0 Å². The molecule has 0 saturated heterocycles. The van der Waals surface area contributed by atoms with E-state index in [0.29, 0.717) is 15.9 Å². The van der Waals surface area contributed by atoms with E-state index in [0.717, 1.165) is 21.1 Å². The Hall–Kier alpha value is -1.14. The van der Waals surface area contributed by atoms with Crippen molar-refractivity contribution >= 4 is 61.8 Å². The van der Waals surface area contributed by atoms with E-state index in [1.165, 1.54) is 6.07 Å². The monoisotopic (exact) mass is 415 g/mol. The topological polar surface area (TPSA) is 53.1 Å². The number of aromatic hydroxyl groups is 1. The summed E-state index contributed by atoms with van der Waals surface area (Å²) in [5, 5.41) is 11.5. The van der Waals surface area contributed by atoms with Crippen molar-refractivity contribution in [2.24, 2.45) is 0 Å². The Bertz CT molecular complexity index is 943. The van der Waals surface area contributed by atoms with Gasteiger partial charge in [-0.3, -0.25) is 4.79 Å². The number of H-pyrrole nitrogens is 1. The van der Waals surface area contributed by atoms with Crippen molar-refractivity contribution in [2.45, 2.75) is 9.79 Å². The quantitative estimate of drug-likeness (QED) is 0.583. The number of aromatic amines is 1. The first-order valence-corrected chi connectivity index (χ1v) is 8.50. The van der Waals surface area contributed by atoms with E-state index in [4.69, 9.17) is 23.2 Å². The maximum absolute atomic E-state index is 12.3. The fourth-order valence-corrected chi connectivity index (χ4v) is 4.03. The molecule has 0 radical (unpaired) electrons. The Labute approximate surface area is 148 Å². The van der Waals surface area contributed by atoms with Gasteiger partial charge in [-0.05, 0) is 40.2 Å². The molecule has 3 aromatic rings. The van der Waals surface area contributed by atoms with E-state index in [9.17, 15) is 9.90 Å². The zero-order valence-electron chi connectivity index (χ0n) is 10.9. The average molecular weight is 417 g/mol. The molecule has 3 rings (SSSR count). The maximum Gasteiger partial charge on any atom is 0.266 e. The molecule has 0 saturated carbocycles. The average Bonchev–Trinajstić information content (AvgIpc) is 2.44. The number of rotatable bonds is 2. The van der Waals surface area contributed by atoms with Gasteiger partial charge in [-0.25, -0.2) is 0 Å². The van der Waals surface area contributed by atoms with Gasteiger partial charge in [0, 0.05) is 14.4 Å². The Morgan fingerprint density at radius 2 is 1.91 bits per heavy atom. The number of fused-ring (bicyclic) bond motifs is 1. The predicted octanol–water partition coefficient (Wildman–Crippen LogP) is 5.45. The number of benzene rings is 2. The molecule has 0 amide bonds. The van der Waals surface area contributed by atoms with Crippen molar-refractivity contribution in [3.8, 4) is 5.75 Å². The number of nitrogens with one attached hydrogen (secondary N) is 1. The molecule has 0 atom stereocenters. The minimum Gasteiger partial charge on any atom is -0.506 e. The predicted molar refractivity (Wildman–Crippen MR) is 94.5 cm³/mol. The lowest BCUT2D eigenvalue weighted by Crippen LogP contribution is -2.08. The summed E-state index contributed by atoms with van der Waals surface area (Å²) in [6.45, 7) is 0. The van der Waals surface area contributed by atoms with Crippen LogP contribution in [0.4, 0.5) is 0 Å². The normalized spacial score (nSPS) is 11.0. The Balaban J connectivity index is 2.23. The minimum absolute atomic E-state index is 0.152. The lowest BCUT2D eigenvalue weighted by Gasteiger charge is -2.09. The summed E-state index contributed by atoms with van der Waals surface area (Å²) in [7, 11) is 0. The Morgan fingerprint density at radius 1 is 1.18 bits per heavy atom. The van der Waals surface area contributed by atoms with Crippen LogP contribution in [0.3, 0.4) is 0 Å². The number of halogens is 3. The molecule has 0 aliphatic carbocycles. The zero-order valence-corrected chi connectivity index (χ0v) is 14.8. The summed E-state index contributed by atoms with van der Waals surface area (Å²) < 4.78 is 0.834. The highest BCUT2D eigenvalue weighted by atomic mass is 79.9. The van der Waals surface area contributed by atoms with Gasteiger partial charge < -0.3 is 10.1 Å². The maximum atomic E-state index is 12.3. The minimum atomic E-state index is -0.399. The standard InChI is InChI=1S/C15H8BrCl2NO2S/c16-8-3-1-2-4-11(8)22-14-13(20)12-9(18)5-7(17)6-10(12)19-15(14)21/h1-6H,(H2,19,20,21). The molecule has 0 aliphatic heterocycles. The third kappa shape index (κ3) is 2.86. The van der Waals surface area contributed by atoms with Gasteiger partial charge >= 0.3 is 0 Å². The molecular formula is C15H8BrCl2NO2S. The van der Waals surface area contributed by atoms with Crippen LogP contribution in [0.1, 0.15) is 0 Å². The van der Waals surface area contributed by atoms with Crippen molar-refractivity contribution in [1.82, 2.24) is 4.98 Å². The number of pyridine rings is 1. The highest BCUT2D eigenvalue weighted by Gasteiger charge is 2.17. The highest BCUT2D eigenvalue weighted by molar-refractivity contribution is 9.10. The van der Waals surface area contributed by atoms with E-state index in [-0.39, 0.29) is 15.7 Å².